The van der Waals surface area contributed by atoms with E-state index in [1.54, 1.807) is 6.92 Å². The first-order valence-corrected chi connectivity index (χ1v) is 10.9. The molecule has 8 heteroatoms. The summed E-state index contributed by atoms with van der Waals surface area (Å²) in [5.74, 6) is -0.135. The molecule has 8 nitrogen and oxygen atoms in total. The van der Waals surface area contributed by atoms with Crippen molar-refractivity contribution in [2.24, 2.45) is 0 Å². The maximum absolute atomic E-state index is 12.8. The molecule has 5 rings (SSSR count). The van der Waals surface area contributed by atoms with Gasteiger partial charge >= 0.3 is 11.7 Å². The van der Waals surface area contributed by atoms with E-state index in [0.29, 0.717) is 17.4 Å². The van der Waals surface area contributed by atoms with Crippen LogP contribution in [0.1, 0.15) is 74.2 Å². The Bertz CT molecular complexity index is 1200. The van der Waals surface area contributed by atoms with Gasteiger partial charge in [0, 0.05) is 17.5 Å². The first kappa shape index (κ1) is 20.1. The zero-order chi connectivity index (χ0) is 21.8. The number of esters is 1. The summed E-state index contributed by atoms with van der Waals surface area (Å²) in [7, 11) is 0. The summed E-state index contributed by atoms with van der Waals surface area (Å²) in [6.07, 6.45) is 3.43. The molecule has 1 atom stereocenters. The smallest absolute Gasteiger partial charge is 0.438 e. The number of nitrogens with one attached hydrogen (secondary N) is 1. The molecule has 0 spiro atoms. The predicted molar refractivity (Wildman–Crippen MR) is 113 cm³/mol. The van der Waals surface area contributed by atoms with Gasteiger partial charge in [-0.25, -0.2) is 9.59 Å². The highest BCUT2D eigenvalue weighted by Crippen LogP contribution is 2.50. The Hall–Kier alpha value is -2.87. The summed E-state index contributed by atoms with van der Waals surface area (Å²) in [5, 5.41) is 4.91. The Labute approximate surface area is 179 Å². The van der Waals surface area contributed by atoms with Gasteiger partial charge in [-0.1, -0.05) is 11.2 Å². The van der Waals surface area contributed by atoms with E-state index in [1.165, 1.54) is 5.56 Å². The van der Waals surface area contributed by atoms with Gasteiger partial charge in [-0.05, 0) is 76.1 Å². The van der Waals surface area contributed by atoms with E-state index in [-0.39, 0.29) is 18.2 Å². The molecule has 1 aromatic carbocycles. The van der Waals surface area contributed by atoms with Crippen molar-refractivity contribution in [3.8, 4) is 0 Å². The standard InChI is InChI=1S/C23H27N3O5/c1-4-29-19(27)18-12-16-11-14(15-7-10-30-22(2,3)13-15)5-6-17(16)26(18)23(8-9-23)20-24-21(28)31-25-20/h5-6,11-12,15H,4,7-10,13H2,1-3H3,(H,24,25,28). The number of ether oxygens (including phenoxy) is 2. The molecule has 2 aliphatic rings. The van der Waals surface area contributed by atoms with Crippen LogP contribution in [0.15, 0.2) is 33.6 Å². The number of carbonyl (C=O) groups excluding carboxylic acids is 1. The van der Waals surface area contributed by atoms with Crippen molar-refractivity contribution in [1.29, 1.82) is 0 Å². The molecule has 1 aliphatic carbocycles. The summed E-state index contributed by atoms with van der Waals surface area (Å²) in [6.45, 7) is 7.08. The maximum atomic E-state index is 12.8. The Morgan fingerprint density at radius 1 is 1.32 bits per heavy atom. The van der Waals surface area contributed by atoms with Crippen LogP contribution < -0.4 is 5.76 Å². The van der Waals surface area contributed by atoms with Gasteiger partial charge in [0.15, 0.2) is 5.82 Å². The highest BCUT2D eigenvalue weighted by Gasteiger charge is 2.52. The van der Waals surface area contributed by atoms with Crippen molar-refractivity contribution < 1.29 is 18.8 Å². The number of aromatic nitrogens is 3. The fourth-order valence-electron chi connectivity index (χ4n) is 4.94. The molecule has 0 radical (unpaired) electrons. The van der Waals surface area contributed by atoms with Crippen molar-refractivity contribution >= 4 is 16.9 Å². The number of carbonyl (C=O) groups is 1. The normalized spacial score (nSPS) is 21.8. The van der Waals surface area contributed by atoms with Gasteiger partial charge in [0.05, 0.1) is 12.2 Å². The van der Waals surface area contributed by atoms with E-state index in [1.807, 2.05) is 10.6 Å². The van der Waals surface area contributed by atoms with E-state index < -0.39 is 11.3 Å². The predicted octanol–water partition coefficient (Wildman–Crippen LogP) is 3.70. The van der Waals surface area contributed by atoms with E-state index in [0.717, 1.165) is 43.2 Å². The van der Waals surface area contributed by atoms with Crippen LogP contribution in [0.2, 0.25) is 0 Å². The lowest BCUT2D eigenvalue weighted by Crippen LogP contribution is -2.32. The summed E-state index contributed by atoms with van der Waals surface area (Å²) in [4.78, 5) is 27.1. The lowest BCUT2D eigenvalue weighted by molar-refractivity contribution is -0.0592. The lowest BCUT2D eigenvalue weighted by atomic mass is 9.83. The largest absolute Gasteiger partial charge is 0.461 e. The number of nitrogens with zero attached hydrogens (tertiary/aromatic N) is 2. The molecule has 164 valence electrons. The number of fused-ring (bicyclic) bond motifs is 1. The van der Waals surface area contributed by atoms with Crippen LogP contribution in [0, 0.1) is 0 Å². The maximum Gasteiger partial charge on any atom is 0.438 e. The van der Waals surface area contributed by atoms with Gasteiger partial charge < -0.3 is 14.0 Å². The number of rotatable bonds is 5. The molecule has 1 aliphatic heterocycles. The lowest BCUT2D eigenvalue weighted by Gasteiger charge is -2.35. The Morgan fingerprint density at radius 2 is 2.13 bits per heavy atom. The van der Waals surface area contributed by atoms with Crippen LogP contribution in [0.3, 0.4) is 0 Å². The zero-order valence-corrected chi connectivity index (χ0v) is 18.1. The Balaban J connectivity index is 1.63. The number of benzene rings is 1. The molecule has 31 heavy (non-hydrogen) atoms. The monoisotopic (exact) mass is 425 g/mol. The molecule has 1 saturated carbocycles. The summed E-state index contributed by atoms with van der Waals surface area (Å²) in [5.41, 5.74) is 1.88. The highest BCUT2D eigenvalue weighted by atomic mass is 16.5. The summed E-state index contributed by atoms with van der Waals surface area (Å²) >= 11 is 0. The minimum atomic E-state index is -0.599. The van der Waals surface area contributed by atoms with Crippen LogP contribution >= 0.6 is 0 Å². The molecule has 3 aromatic rings. The van der Waals surface area contributed by atoms with Crippen molar-refractivity contribution in [3.63, 3.8) is 0 Å². The quantitative estimate of drug-likeness (QED) is 0.626. The molecule has 1 saturated heterocycles. The van der Waals surface area contributed by atoms with Crippen molar-refractivity contribution in [2.45, 2.75) is 63.5 Å². The fourth-order valence-corrected chi connectivity index (χ4v) is 4.94. The Kier molecular flexibility index (Phi) is 4.58. The van der Waals surface area contributed by atoms with E-state index >= 15 is 0 Å². The van der Waals surface area contributed by atoms with Gasteiger partial charge in [0.25, 0.3) is 0 Å². The van der Waals surface area contributed by atoms with Crippen LogP contribution in [-0.4, -0.2) is 39.5 Å². The minimum Gasteiger partial charge on any atom is -0.461 e. The SMILES string of the molecule is CCOC(=O)c1cc2cc(C3CCOC(C)(C)C3)ccc2n1C1(c2noc(=O)[nH]2)CC1. The van der Waals surface area contributed by atoms with Gasteiger partial charge in [0.2, 0.25) is 0 Å². The second-order valence-corrected chi connectivity index (χ2v) is 9.18. The molecule has 1 N–H and O–H groups in total. The van der Waals surface area contributed by atoms with Gasteiger partial charge in [0.1, 0.15) is 11.2 Å². The van der Waals surface area contributed by atoms with Crippen molar-refractivity contribution in [3.05, 3.63) is 51.9 Å². The van der Waals surface area contributed by atoms with Gasteiger partial charge in [-0.2, -0.15) is 0 Å². The third-order valence-electron chi connectivity index (χ3n) is 6.51. The second kappa shape index (κ2) is 7.09. The average molecular weight is 425 g/mol. The molecule has 1 unspecified atom stereocenters. The highest BCUT2D eigenvalue weighted by molar-refractivity contribution is 5.96. The molecule has 2 aromatic heterocycles. The molecule has 3 heterocycles. The van der Waals surface area contributed by atoms with E-state index in [4.69, 9.17) is 14.0 Å². The van der Waals surface area contributed by atoms with Gasteiger partial charge in [-0.15, -0.1) is 0 Å². The van der Waals surface area contributed by atoms with Crippen LogP contribution in [0.4, 0.5) is 0 Å². The van der Waals surface area contributed by atoms with E-state index in [2.05, 4.69) is 42.2 Å². The number of hydrogen-bond donors (Lipinski definition) is 1. The van der Waals surface area contributed by atoms with Crippen LogP contribution in [-0.2, 0) is 15.0 Å². The second-order valence-electron chi connectivity index (χ2n) is 9.18. The molecule has 0 bridgehead atoms. The molecular formula is C23H27N3O5. The first-order valence-electron chi connectivity index (χ1n) is 10.9. The molecule has 2 fully saturated rings. The van der Waals surface area contributed by atoms with Crippen molar-refractivity contribution in [2.75, 3.05) is 13.2 Å². The summed E-state index contributed by atoms with van der Waals surface area (Å²) in [6, 6.07) is 8.26. The average Bonchev–Trinajstić information content (AvgIpc) is 3.24. The first-order chi connectivity index (χ1) is 14.8. The molecule has 0 amide bonds. The third-order valence-corrected chi connectivity index (χ3v) is 6.51. The van der Waals surface area contributed by atoms with Crippen molar-refractivity contribution in [1.82, 2.24) is 14.7 Å². The zero-order valence-electron chi connectivity index (χ0n) is 18.1. The Morgan fingerprint density at radius 3 is 2.77 bits per heavy atom. The van der Waals surface area contributed by atoms with Crippen LogP contribution in [0.5, 0.6) is 0 Å². The van der Waals surface area contributed by atoms with E-state index in [9.17, 15) is 9.59 Å². The molecular weight excluding hydrogens is 398 g/mol. The number of H-pyrrole nitrogens is 1. The third kappa shape index (κ3) is 3.39. The minimum absolute atomic E-state index is 0.142. The number of hydrogen-bond acceptors (Lipinski definition) is 6. The van der Waals surface area contributed by atoms with Crippen LogP contribution in [0.25, 0.3) is 10.9 Å². The topological polar surface area (TPSA) is 99.3 Å². The fraction of sp³-hybridized carbons (Fsp3) is 0.522. The number of aromatic amines is 1. The van der Waals surface area contributed by atoms with Gasteiger partial charge in [-0.3, -0.25) is 9.51 Å². The summed E-state index contributed by atoms with van der Waals surface area (Å²) < 4.78 is 18.0.